The number of nitrogens with one attached hydrogen (secondary N) is 1. The van der Waals surface area contributed by atoms with E-state index in [1.807, 2.05) is 0 Å². The van der Waals surface area contributed by atoms with Crippen molar-refractivity contribution in [1.82, 2.24) is 9.97 Å². The number of hydrogen-bond donors (Lipinski definition) is 1. The number of carbonyl (C=O) groups is 1. The quantitative estimate of drug-likeness (QED) is 0.583. The molecule has 1 fully saturated rings. The van der Waals surface area contributed by atoms with Gasteiger partial charge in [0.2, 0.25) is 15.9 Å². The molecule has 1 N–H and O–H groups in total. The second kappa shape index (κ2) is 8.70. The second-order valence-corrected chi connectivity index (χ2v) is 9.54. The fourth-order valence-electron chi connectivity index (χ4n) is 3.12. The Morgan fingerprint density at radius 2 is 1.97 bits per heavy atom. The van der Waals surface area contributed by atoms with Crippen molar-refractivity contribution >= 4 is 50.5 Å². The molecule has 0 atom stereocenters. The lowest BCUT2D eigenvalue weighted by molar-refractivity contribution is 0.102. The lowest BCUT2D eigenvalue weighted by Gasteiger charge is -2.18. The number of nitrogens with zero attached hydrogens (tertiary/aromatic N) is 3. The maximum atomic E-state index is 12.9. The van der Waals surface area contributed by atoms with Gasteiger partial charge in [0.1, 0.15) is 5.75 Å². The van der Waals surface area contributed by atoms with E-state index in [1.165, 1.54) is 35.0 Å². The first kappa shape index (κ1) is 21.4. The van der Waals surface area contributed by atoms with Crippen molar-refractivity contribution in [3.63, 3.8) is 0 Å². The van der Waals surface area contributed by atoms with Gasteiger partial charge in [0.25, 0.3) is 5.91 Å². The molecular weight excluding hydrogens is 463 g/mol. The zero-order valence-electron chi connectivity index (χ0n) is 16.0. The van der Waals surface area contributed by atoms with E-state index in [-0.39, 0.29) is 22.2 Å². The number of sulfonamides is 1. The third-order valence-corrected chi connectivity index (χ3v) is 6.89. The number of benzene rings is 2. The average Bonchev–Trinajstić information content (AvgIpc) is 3.07. The number of aromatic nitrogens is 2. The molecule has 0 bridgehead atoms. The van der Waals surface area contributed by atoms with Gasteiger partial charge in [-0.3, -0.25) is 14.1 Å². The van der Waals surface area contributed by atoms with E-state index in [0.29, 0.717) is 35.1 Å². The molecule has 160 valence electrons. The molecule has 31 heavy (non-hydrogen) atoms. The van der Waals surface area contributed by atoms with Crippen molar-refractivity contribution in [3.05, 3.63) is 70.6 Å². The standard InChI is InChI=1S/C20H16Cl2N4O4S/c21-13-8-14(10-16(9-13)30-19-12-23-4-5-24-19)25-20(27)17-11-15(2-3-18(17)22)26-6-1-7-31(26,28)29/h2-5,8-12H,1,6-7H2,(H,25,27). The minimum Gasteiger partial charge on any atom is -0.437 e. The Hall–Kier alpha value is -2.88. The number of rotatable bonds is 5. The van der Waals surface area contributed by atoms with Gasteiger partial charge in [-0.15, -0.1) is 0 Å². The lowest BCUT2D eigenvalue weighted by atomic mass is 10.1. The van der Waals surface area contributed by atoms with Crippen LogP contribution in [-0.4, -0.2) is 36.6 Å². The van der Waals surface area contributed by atoms with Crippen molar-refractivity contribution in [2.45, 2.75) is 6.42 Å². The van der Waals surface area contributed by atoms with Gasteiger partial charge >= 0.3 is 0 Å². The molecule has 11 heteroatoms. The molecule has 2 aromatic carbocycles. The van der Waals surface area contributed by atoms with Crippen LogP contribution < -0.4 is 14.4 Å². The highest BCUT2D eigenvalue weighted by molar-refractivity contribution is 7.93. The molecule has 2 heterocycles. The fourth-order valence-corrected chi connectivity index (χ4v) is 5.11. The third-order valence-electron chi connectivity index (χ3n) is 4.47. The summed E-state index contributed by atoms with van der Waals surface area (Å²) in [6.07, 6.45) is 4.97. The van der Waals surface area contributed by atoms with Crippen LogP contribution in [0.25, 0.3) is 0 Å². The van der Waals surface area contributed by atoms with Gasteiger partial charge in [0.05, 0.1) is 28.2 Å². The van der Waals surface area contributed by atoms with Crippen molar-refractivity contribution in [2.24, 2.45) is 0 Å². The van der Waals surface area contributed by atoms with Crippen LogP contribution in [0.1, 0.15) is 16.8 Å². The molecule has 1 aliphatic heterocycles. The number of halogens is 2. The van der Waals surface area contributed by atoms with Crippen LogP contribution in [0.15, 0.2) is 55.0 Å². The smallest absolute Gasteiger partial charge is 0.257 e. The fraction of sp³-hybridized carbons (Fsp3) is 0.150. The number of carbonyl (C=O) groups excluding carboxylic acids is 1. The van der Waals surface area contributed by atoms with E-state index in [1.54, 1.807) is 24.3 Å². The van der Waals surface area contributed by atoms with Crippen molar-refractivity contribution in [3.8, 4) is 11.6 Å². The topological polar surface area (TPSA) is 101 Å². The summed E-state index contributed by atoms with van der Waals surface area (Å²) in [6.45, 7) is 0.363. The first-order valence-electron chi connectivity index (χ1n) is 9.18. The summed E-state index contributed by atoms with van der Waals surface area (Å²) in [5, 5.41) is 3.24. The van der Waals surface area contributed by atoms with Crippen molar-refractivity contribution in [1.29, 1.82) is 0 Å². The Balaban J connectivity index is 1.58. The van der Waals surface area contributed by atoms with Gasteiger partial charge in [-0.1, -0.05) is 23.2 Å². The Morgan fingerprint density at radius 1 is 1.13 bits per heavy atom. The van der Waals surface area contributed by atoms with Gasteiger partial charge in [0.15, 0.2) is 0 Å². The number of ether oxygens (including phenoxy) is 1. The molecule has 1 saturated heterocycles. The highest BCUT2D eigenvalue weighted by Crippen LogP contribution is 2.31. The summed E-state index contributed by atoms with van der Waals surface area (Å²) in [7, 11) is -3.38. The van der Waals surface area contributed by atoms with E-state index < -0.39 is 15.9 Å². The van der Waals surface area contributed by atoms with Gasteiger partial charge < -0.3 is 10.1 Å². The van der Waals surface area contributed by atoms with Crippen LogP contribution in [0.2, 0.25) is 10.0 Å². The van der Waals surface area contributed by atoms with Crippen LogP contribution in [-0.2, 0) is 10.0 Å². The Morgan fingerprint density at radius 3 is 2.68 bits per heavy atom. The van der Waals surface area contributed by atoms with Gasteiger partial charge in [-0.25, -0.2) is 13.4 Å². The number of hydrogen-bond acceptors (Lipinski definition) is 6. The molecule has 3 aromatic rings. The first-order chi connectivity index (χ1) is 14.8. The maximum absolute atomic E-state index is 12.9. The van der Waals surface area contributed by atoms with Crippen molar-refractivity contribution in [2.75, 3.05) is 21.9 Å². The van der Waals surface area contributed by atoms with Crippen LogP contribution in [0.3, 0.4) is 0 Å². The molecular formula is C20H16Cl2N4O4S. The Labute approximate surface area is 188 Å². The van der Waals surface area contributed by atoms with Gasteiger partial charge in [-0.2, -0.15) is 0 Å². The second-order valence-electron chi connectivity index (χ2n) is 6.68. The molecule has 4 rings (SSSR count). The highest BCUT2D eigenvalue weighted by atomic mass is 35.5. The van der Waals surface area contributed by atoms with Gasteiger partial charge in [-0.05, 0) is 36.8 Å². The highest BCUT2D eigenvalue weighted by Gasteiger charge is 2.29. The van der Waals surface area contributed by atoms with E-state index in [2.05, 4.69) is 15.3 Å². The molecule has 8 nitrogen and oxygen atoms in total. The Bertz CT molecular complexity index is 1240. The van der Waals surface area contributed by atoms with E-state index in [4.69, 9.17) is 27.9 Å². The summed E-state index contributed by atoms with van der Waals surface area (Å²) in [4.78, 5) is 20.8. The summed E-state index contributed by atoms with van der Waals surface area (Å²) in [5.74, 6) is 0.181. The number of amides is 1. The van der Waals surface area contributed by atoms with Gasteiger partial charge in [0, 0.05) is 35.7 Å². The largest absolute Gasteiger partial charge is 0.437 e. The molecule has 0 spiro atoms. The number of anilines is 2. The molecule has 1 aromatic heterocycles. The summed E-state index contributed by atoms with van der Waals surface area (Å²) in [6, 6.07) is 9.22. The minimum absolute atomic E-state index is 0.0776. The normalized spacial score (nSPS) is 15.0. The average molecular weight is 479 g/mol. The zero-order chi connectivity index (χ0) is 22.0. The zero-order valence-corrected chi connectivity index (χ0v) is 18.3. The van der Waals surface area contributed by atoms with Crippen LogP contribution in [0, 0.1) is 0 Å². The predicted molar refractivity (Wildman–Crippen MR) is 119 cm³/mol. The summed E-state index contributed by atoms with van der Waals surface area (Å²) < 4.78 is 31.3. The molecule has 0 unspecified atom stereocenters. The van der Waals surface area contributed by atoms with E-state index in [0.717, 1.165) is 0 Å². The molecule has 0 aliphatic carbocycles. The predicted octanol–water partition coefficient (Wildman–Crippen LogP) is 4.37. The summed E-state index contributed by atoms with van der Waals surface area (Å²) in [5.41, 5.74) is 0.897. The Kier molecular flexibility index (Phi) is 5.99. The monoisotopic (exact) mass is 478 g/mol. The SMILES string of the molecule is O=C(Nc1cc(Cl)cc(Oc2cnccn2)c1)c1cc(N2CCCS2(=O)=O)ccc1Cl. The summed E-state index contributed by atoms with van der Waals surface area (Å²) >= 11 is 12.4. The van der Waals surface area contributed by atoms with E-state index in [9.17, 15) is 13.2 Å². The molecule has 1 amide bonds. The van der Waals surface area contributed by atoms with Crippen molar-refractivity contribution < 1.29 is 17.9 Å². The molecule has 0 radical (unpaired) electrons. The minimum atomic E-state index is -3.38. The first-order valence-corrected chi connectivity index (χ1v) is 11.5. The molecule has 1 aliphatic rings. The molecule has 0 saturated carbocycles. The van der Waals surface area contributed by atoms with E-state index >= 15 is 0 Å². The van der Waals surface area contributed by atoms with Crippen LogP contribution in [0.4, 0.5) is 11.4 Å². The van der Waals surface area contributed by atoms with Crippen LogP contribution >= 0.6 is 23.2 Å². The maximum Gasteiger partial charge on any atom is 0.257 e. The third kappa shape index (κ3) is 4.90. The lowest BCUT2D eigenvalue weighted by Crippen LogP contribution is -2.25. The van der Waals surface area contributed by atoms with Crippen LogP contribution in [0.5, 0.6) is 11.6 Å².